The van der Waals surface area contributed by atoms with Crippen LogP contribution in [0.4, 0.5) is 5.69 Å². The second-order valence-corrected chi connectivity index (χ2v) is 5.08. The molecule has 2 rings (SSSR count). The number of nitro benzene ring substituents is 1. The van der Waals surface area contributed by atoms with Gasteiger partial charge >= 0.3 is 0 Å². The number of imidazole rings is 1. The Morgan fingerprint density at radius 1 is 1.48 bits per heavy atom. The lowest BCUT2D eigenvalue weighted by Crippen LogP contribution is -2.21. The summed E-state index contributed by atoms with van der Waals surface area (Å²) in [6, 6.07) is 5.32. The number of hydrogen-bond acceptors (Lipinski definition) is 4. The number of nitro groups is 1. The molecule has 0 saturated heterocycles. The molecule has 0 aliphatic heterocycles. The van der Waals surface area contributed by atoms with E-state index in [1.54, 1.807) is 31.6 Å². The van der Waals surface area contributed by atoms with Crippen LogP contribution in [0, 0.1) is 17.0 Å². The van der Waals surface area contributed by atoms with Gasteiger partial charge in [-0.1, -0.05) is 12.1 Å². The lowest BCUT2D eigenvalue weighted by Gasteiger charge is -2.16. The number of nitrogens with one attached hydrogen (secondary N) is 1. The summed E-state index contributed by atoms with van der Waals surface area (Å²) in [5.41, 5.74) is 1.89. The molecule has 0 aliphatic carbocycles. The first-order chi connectivity index (χ1) is 10.1. The highest BCUT2D eigenvalue weighted by Crippen LogP contribution is 2.25. The maximum atomic E-state index is 11.0. The van der Waals surface area contributed by atoms with Crippen LogP contribution in [-0.2, 0) is 6.54 Å². The molecular weight excluding hydrogens is 268 g/mol. The minimum atomic E-state index is -0.329. The van der Waals surface area contributed by atoms with Gasteiger partial charge in [-0.15, -0.1) is 0 Å². The summed E-state index contributed by atoms with van der Waals surface area (Å²) in [7, 11) is 0. The predicted octanol–water partition coefficient (Wildman–Crippen LogP) is 2.84. The third-order valence-corrected chi connectivity index (χ3v) is 3.61. The second kappa shape index (κ2) is 6.99. The third kappa shape index (κ3) is 3.88. The average molecular weight is 288 g/mol. The summed E-state index contributed by atoms with van der Waals surface area (Å²) in [6.07, 6.45) is 6.49. The van der Waals surface area contributed by atoms with Gasteiger partial charge < -0.3 is 9.88 Å². The van der Waals surface area contributed by atoms with Gasteiger partial charge in [0.05, 0.1) is 11.3 Å². The molecule has 0 spiro atoms. The quantitative estimate of drug-likeness (QED) is 0.483. The third-order valence-electron chi connectivity index (χ3n) is 3.61. The number of aryl methyl sites for hydroxylation is 1. The molecule has 0 aliphatic rings. The van der Waals surface area contributed by atoms with Crippen LogP contribution in [0.25, 0.3) is 0 Å². The van der Waals surface area contributed by atoms with Crippen molar-refractivity contribution in [1.82, 2.24) is 14.9 Å². The van der Waals surface area contributed by atoms with Crippen LogP contribution < -0.4 is 5.32 Å². The van der Waals surface area contributed by atoms with Gasteiger partial charge in [-0.25, -0.2) is 4.98 Å². The van der Waals surface area contributed by atoms with E-state index in [9.17, 15) is 10.1 Å². The Hall–Kier alpha value is -2.21. The van der Waals surface area contributed by atoms with Gasteiger partial charge in [-0.2, -0.15) is 0 Å². The van der Waals surface area contributed by atoms with E-state index in [2.05, 4.69) is 10.3 Å². The molecule has 1 N–H and O–H groups in total. The molecule has 1 atom stereocenters. The molecule has 0 fully saturated rings. The van der Waals surface area contributed by atoms with Gasteiger partial charge in [0.2, 0.25) is 0 Å². The lowest BCUT2D eigenvalue weighted by molar-refractivity contribution is -0.385. The normalized spacial score (nSPS) is 12.3. The van der Waals surface area contributed by atoms with Gasteiger partial charge in [0.25, 0.3) is 5.69 Å². The monoisotopic (exact) mass is 288 g/mol. The van der Waals surface area contributed by atoms with Gasteiger partial charge in [-0.3, -0.25) is 10.1 Å². The van der Waals surface area contributed by atoms with E-state index in [4.69, 9.17) is 0 Å². The Balaban J connectivity index is 1.89. The number of benzene rings is 1. The molecule has 1 aromatic carbocycles. The van der Waals surface area contributed by atoms with Gasteiger partial charge in [-0.05, 0) is 32.4 Å². The van der Waals surface area contributed by atoms with E-state index < -0.39 is 0 Å². The Bertz CT molecular complexity index is 596. The van der Waals surface area contributed by atoms with Crippen molar-refractivity contribution in [1.29, 1.82) is 0 Å². The second-order valence-electron chi connectivity index (χ2n) is 5.08. The Morgan fingerprint density at radius 3 is 2.95 bits per heavy atom. The Labute approximate surface area is 124 Å². The smallest absolute Gasteiger partial charge is 0.272 e. The van der Waals surface area contributed by atoms with Crippen LogP contribution in [-0.4, -0.2) is 21.0 Å². The summed E-state index contributed by atoms with van der Waals surface area (Å²) in [5, 5.41) is 14.4. The van der Waals surface area contributed by atoms with Crippen molar-refractivity contribution >= 4 is 5.69 Å². The highest BCUT2D eigenvalue weighted by molar-refractivity contribution is 5.45. The molecule has 0 bridgehead atoms. The van der Waals surface area contributed by atoms with E-state index in [-0.39, 0.29) is 16.7 Å². The van der Waals surface area contributed by atoms with Crippen LogP contribution >= 0.6 is 0 Å². The minimum Gasteiger partial charge on any atom is -0.337 e. The molecule has 0 unspecified atom stereocenters. The zero-order valence-corrected chi connectivity index (χ0v) is 12.3. The molecule has 0 saturated carbocycles. The number of aromatic nitrogens is 2. The van der Waals surface area contributed by atoms with Crippen LogP contribution in [0.2, 0.25) is 0 Å². The van der Waals surface area contributed by atoms with E-state index in [1.807, 2.05) is 23.8 Å². The summed E-state index contributed by atoms with van der Waals surface area (Å²) in [6.45, 7) is 5.59. The maximum absolute atomic E-state index is 11.0. The van der Waals surface area contributed by atoms with Crippen molar-refractivity contribution in [3.63, 3.8) is 0 Å². The molecule has 112 valence electrons. The van der Waals surface area contributed by atoms with Crippen LogP contribution in [0.1, 0.15) is 30.5 Å². The van der Waals surface area contributed by atoms with Gasteiger partial charge in [0.15, 0.2) is 0 Å². The lowest BCUT2D eigenvalue weighted by atomic mass is 10.0. The number of rotatable bonds is 7. The highest BCUT2D eigenvalue weighted by Gasteiger charge is 2.16. The van der Waals surface area contributed by atoms with Crippen LogP contribution in [0.3, 0.4) is 0 Å². The van der Waals surface area contributed by atoms with E-state index in [0.29, 0.717) is 0 Å². The van der Waals surface area contributed by atoms with Crippen molar-refractivity contribution < 1.29 is 4.92 Å². The zero-order valence-electron chi connectivity index (χ0n) is 12.3. The number of nitrogens with zero attached hydrogens (tertiary/aromatic N) is 3. The minimum absolute atomic E-state index is 0.0905. The fourth-order valence-electron chi connectivity index (χ4n) is 2.42. The topological polar surface area (TPSA) is 73.0 Å². The molecular formula is C15H20N4O2. The SMILES string of the molecule is Cc1c([C@@H](C)NCCCn2ccnc2)cccc1[N+](=O)[O-]. The van der Waals surface area contributed by atoms with E-state index in [0.717, 1.165) is 30.6 Å². The Kier molecular flexibility index (Phi) is 5.05. The summed E-state index contributed by atoms with van der Waals surface area (Å²) < 4.78 is 2.03. The first-order valence-corrected chi connectivity index (χ1v) is 7.02. The van der Waals surface area contributed by atoms with E-state index in [1.165, 1.54) is 0 Å². The van der Waals surface area contributed by atoms with Gasteiger partial charge in [0.1, 0.15) is 0 Å². The van der Waals surface area contributed by atoms with Gasteiger partial charge in [0, 0.05) is 36.6 Å². The summed E-state index contributed by atoms with van der Waals surface area (Å²) in [4.78, 5) is 14.6. The van der Waals surface area contributed by atoms with Crippen LogP contribution in [0.5, 0.6) is 0 Å². The first-order valence-electron chi connectivity index (χ1n) is 7.02. The molecule has 6 nitrogen and oxygen atoms in total. The zero-order chi connectivity index (χ0) is 15.2. The molecule has 0 radical (unpaired) electrons. The first kappa shape index (κ1) is 15.2. The van der Waals surface area contributed by atoms with Crippen molar-refractivity contribution in [2.75, 3.05) is 6.54 Å². The Morgan fingerprint density at radius 2 is 2.29 bits per heavy atom. The highest BCUT2D eigenvalue weighted by atomic mass is 16.6. The largest absolute Gasteiger partial charge is 0.337 e. The standard InChI is InChI=1S/C15H20N4O2/c1-12-14(5-3-6-15(12)19(20)21)13(2)17-7-4-9-18-10-8-16-11-18/h3,5-6,8,10-11,13,17H,4,7,9H2,1-2H3/t13-/m1/s1. The summed E-state index contributed by atoms with van der Waals surface area (Å²) >= 11 is 0. The average Bonchev–Trinajstić information content (AvgIpc) is 2.96. The van der Waals surface area contributed by atoms with Crippen LogP contribution in [0.15, 0.2) is 36.9 Å². The molecule has 1 heterocycles. The summed E-state index contributed by atoms with van der Waals surface area (Å²) in [5.74, 6) is 0. The maximum Gasteiger partial charge on any atom is 0.272 e. The molecule has 2 aromatic rings. The predicted molar refractivity (Wildman–Crippen MR) is 81.1 cm³/mol. The van der Waals surface area contributed by atoms with Crippen molar-refractivity contribution in [2.45, 2.75) is 32.9 Å². The van der Waals surface area contributed by atoms with E-state index >= 15 is 0 Å². The van der Waals surface area contributed by atoms with Crippen molar-refractivity contribution in [3.05, 3.63) is 58.2 Å². The number of hydrogen-bond donors (Lipinski definition) is 1. The molecule has 1 aromatic heterocycles. The molecule has 21 heavy (non-hydrogen) atoms. The fraction of sp³-hybridized carbons (Fsp3) is 0.400. The van der Waals surface area contributed by atoms with Crippen molar-refractivity contribution in [2.24, 2.45) is 0 Å². The molecule has 0 amide bonds. The van der Waals surface area contributed by atoms with Crippen molar-refractivity contribution in [3.8, 4) is 0 Å². The molecule has 6 heteroatoms. The fourth-order valence-corrected chi connectivity index (χ4v) is 2.42.